The monoisotopic (exact) mass is 492 g/mol. The van der Waals surface area contributed by atoms with Crippen LogP contribution in [0, 0.1) is 0 Å². The van der Waals surface area contributed by atoms with Crippen molar-refractivity contribution in [2.45, 2.75) is 54.8 Å². The van der Waals surface area contributed by atoms with E-state index in [0.717, 1.165) is 30.0 Å². The van der Waals surface area contributed by atoms with Crippen molar-refractivity contribution in [3.05, 3.63) is 47.3 Å². The number of halogens is 3. The Morgan fingerprint density at radius 1 is 1.34 bits per heavy atom. The average molecular weight is 493 g/mol. The van der Waals surface area contributed by atoms with Crippen LogP contribution in [0.25, 0.3) is 0 Å². The summed E-state index contributed by atoms with van der Waals surface area (Å²) in [5.41, 5.74) is 0.568. The first-order valence-corrected chi connectivity index (χ1v) is 13.0. The summed E-state index contributed by atoms with van der Waals surface area (Å²) in [7, 11) is -2.52. The molecule has 1 aliphatic rings. The fraction of sp³-hybridized carbons (Fsp3) is 0.571. The molecule has 2 aromatic rings. The molecule has 0 spiro atoms. The van der Waals surface area contributed by atoms with Crippen LogP contribution >= 0.6 is 11.8 Å². The van der Waals surface area contributed by atoms with E-state index in [2.05, 4.69) is 5.10 Å². The van der Waals surface area contributed by atoms with Crippen LogP contribution in [0.4, 0.5) is 13.2 Å². The molecule has 0 saturated carbocycles. The van der Waals surface area contributed by atoms with Crippen molar-refractivity contribution in [3.63, 3.8) is 0 Å². The smallest absolute Gasteiger partial charge is 0.372 e. The van der Waals surface area contributed by atoms with Gasteiger partial charge in [0.2, 0.25) is 0 Å². The standard InChI is InChI=1S/C21H27F3N2O4S2/c1-20(32(27,28)17-6-4-5-15(11-17)21(22,23)24)8-9-30-19(13-20)18-12-16(7-10-31-3)25-26(18)14-29-2/h4-6,11-12,19H,7-10,13-14H2,1-3H3. The highest BCUT2D eigenvalue weighted by atomic mass is 32.2. The molecular formula is C21H27F3N2O4S2. The number of nitrogens with zero attached hydrogens (tertiary/aromatic N) is 2. The predicted octanol–water partition coefficient (Wildman–Crippen LogP) is 4.50. The van der Waals surface area contributed by atoms with Gasteiger partial charge in [0.15, 0.2) is 9.84 Å². The maximum Gasteiger partial charge on any atom is 0.416 e. The van der Waals surface area contributed by atoms with E-state index in [1.807, 2.05) is 12.3 Å². The second kappa shape index (κ2) is 9.74. The number of sulfone groups is 1. The lowest BCUT2D eigenvalue weighted by Gasteiger charge is -2.37. The number of aromatic nitrogens is 2. The van der Waals surface area contributed by atoms with Crippen LogP contribution in [0.15, 0.2) is 35.2 Å². The Kier molecular flexibility index (Phi) is 7.63. The zero-order chi connectivity index (χ0) is 23.6. The molecule has 2 atom stereocenters. The molecule has 2 heterocycles. The molecule has 11 heteroatoms. The van der Waals surface area contributed by atoms with E-state index in [1.165, 1.54) is 13.2 Å². The molecule has 1 saturated heterocycles. The molecule has 32 heavy (non-hydrogen) atoms. The van der Waals surface area contributed by atoms with Crippen molar-refractivity contribution in [1.29, 1.82) is 0 Å². The van der Waals surface area contributed by atoms with E-state index < -0.39 is 32.4 Å². The second-order valence-corrected chi connectivity index (χ2v) is 11.5. The van der Waals surface area contributed by atoms with Crippen molar-refractivity contribution >= 4 is 21.6 Å². The van der Waals surface area contributed by atoms with Gasteiger partial charge in [-0.25, -0.2) is 13.1 Å². The lowest BCUT2D eigenvalue weighted by atomic mass is 9.94. The molecule has 3 rings (SSSR count). The van der Waals surface area contributed by atoms with Crippen molar-refractivity contribution in [1.82, 2.24) is 9.78 Å². The SMILES string of the molecule is COCn1nc(CCSC)cc1C1CC(C)(S(=O)(=O)c2cccc(C(F)(F)F)c2)CCO1. The van der Waals surface area contributed by atoms with Crippen LogP contribution < -0.4 is 0 Å². The Morgan fingerprint density at radius 2 is 2.09 bits per heavy atom. The summed E-state index contributed by atoms with van der Waals surface area (Å²) >= 11 is 1.69. The zero-order valence-corrected chi connectivity index (χ0v) is 19.8. The van der Waals surface area contributed by atoms with Gasteiger partial charge in [-0.1, -0.05) is 6.07 Å². The van der Waals surface area contributed by atoms with Gasteiger partial charge in [-0.15, -0.1) is 0 Å². The highest BCUT2D eigenvalue weighted by Gasteiger charge is 2.46. The minimum atomic E-state index is -4.62. The summed E-state index contributed by atoms with van der Waals surface area (Å²) in [6.07, 6.45) is -2.16. The van der Waals surface area contributed by atoms with Crippen molar-refractivity contribution in [3.8, 4) is 0 Å². The number of rotatable bonds is 8. The quantitative estimate of drug-likeness (QED) is 0.541. The van der Waals surface area contributed by atoms with E-state index in [1.54, 1.807) is 23.4 Å². The topological polar surface area (TPSA) is 70.4 Å². The summed E-state index contributed by atoms with van der Waals surface area (Å²) in [4.78, 5) is -0.332. The number of methoxy groups -OCH3 is 1. The summed E-state index contributed by atoms with van der Waals surface area (Å²) in [6.45, 7) is 1.92. The Balaban J connectivity index is 1.93. The molecule has 1 aromatic heterocycles. The van der Waals surface area contributed by atoms with Gasteiger partial charge >= 0.3 is 6.18 Å². The third-order valence-electron chi connectivity index (χ3n) is 5.69. The predicted molar refractivity (Wildman–Crippen MR) is 116 cm³/mol. The lowest BCUT2D eigenvalue weighted by Crippen LogP contribution is -2.42. The van der Waals surface area contributed by atoms with E-state index in [4.69, 9.17) is 9.47 Å². The van der Waals surface area contributed by atoms with Gasteiger partial charge in [-0.05, 0) is 56.0 Å². The third kappa shape index (κ3) is 5.16. The van der Waals surface area contributed by atoms with Gasteiger partial charge in [0, 0.05) is 20.1 Å². The minimum Gasteiger partial charge on any atom is -0.372 e. The normalized spacial score (nSPS) is 22.2. The minimum absolute atomic E-state index is 0.100. The molecular weight excluding hydrogens is 465 g/mol. The number of hydrogen-bond donors (Lipinski definition) is 0. The Bertz CT molecular complexity index is 1040. The summed E-state index contributed by atoms with van der Waals surface area (Å²) in [5, 5.41) is 4.54. The van der Waals surface area contributed by atoms with Crippen molar-refractivity contribution in [2.75, 3.05) is 25.7 Å². The van der Waals surface area contributed by atoms with Crippen LogP contribution in [0.5, 0.6) is 0 Å². The van der Waals surface area contributed by atoms with E-state index >= 15 is 0 Å². The second-order valence-electron chi connectivity index (χ2n) is 8.01. The number of ether oxygens (including phenoxy) is 2. The Labute approximate surface area is 190 Å². The number of alkyl halides is 3. The molecule has 0 bridgehead atoms. The van der Waals surface area contributed by atoms with Gasteiger partial charge in [0.25, 0.3) is 0 Å². The molecule has 0 aliphatic carbocycles. The summed E-state index contributed by atoms with van der Waals surface area (Å²) in [6, 6.07) is 5.81. The van der Waals surface area contributed by atoms with Crippen molar-refractivity contribution in [2.24, 2.45) is 0 Å². The summed E-state index contributed by atoms with van der Waals surface area (Å²) < 4.78 is 77.8. The van der Waals surface area contributed by atoms with E-state index in [9.17, 15) is 21.6 Å². The van der Waals surface area contributed by atoms with Crippen LogP contribution in [-0.4, -0.2) is 48.7 Å². The Morgan fingerprint density at radius 3 is 2.75 bits per heavy atom. The molecule has 1 aromatic carbocycles. The third-order valence-corrected chi connectivity index (χ3v) is 8.85. The largest absolute Gasteiger partial charge is 0.416 e. The number of hydrogen-bond acceptors (Lipinski definition) is 6. The molecule has 0 N–H and O–H groups in total. The van der Waals surface area contributed by atoms with Gasteiger partial charge < -0.3 is 9.47 Å². The van der Waals surface area contributed by atoms with Crippen LogP contribution in [0.3, 0.4) is 0 Å². The molecule has 0 radical (unpaired) electrons. The average Bonchev–Trinajstić information content (AvgIpc) is 3.15. The van der Waals surface area contributed by atoms with Crippen LogP contribution in [-0.2, 0) is 38.6 Å². The Hall–Kier alpha value is -1.56. The van der Waals surface area contributed by atoms with E-state index in [-0.39, 0.29) is 31.1 Å². The van der Waals surface area contributed by atoms with Crippen molar-refractivity contribution < 1.29 is 31.1 Å². The molecule has 0 amide bonds. The van der Waals surface area contributed by atoms with E-state index in [0.29, 0.717) is 11.8 Å². The molecule has 178 valence electrons. The highest BCUT2D eigenvalue weighted by Crippen LogP contribution is 2.43. The number of aryl methyl sites for hydroxylation is 1. The maximum absolute atomic E-state index is 13.4. The first kappa shape index (κ1) is 25.1. The van der Waals surface area contributed by atoms with Crippen LogP contribution in [0.2, 0.25) is 0 Å². The highest BCUT2D eigenvalue weighted by molar-refractivity contribution is 7.98. The first-order chi connectivity index (χ1) is 15.0. The van der Waals surface area contributed by atoms with Gasteiger partial charge in [-0.3, -0.25) is 0 Å². The molecule has 2 unspecified atom stereocenters. The molecule has 6 nitrogen and oxygen atoms in total. The molecule has 1 aliphatic heterocycles. The summed E-state index contributed by atoms with van der Waals surface area (Å²) in [5.74, 6) is 0.886. The van der Waals surface area contributed by atoms with Gasteiger partial charge in [0.05, 0.1) is 26.6 Å². The van der Waals surface area contributed by atoms with Gasteiger partial charge in [-0.2, -0.15) is 30.0 Å². The fourth-order valence-electron chi connectivity index (χ4n) is 3.83. The lowest BCUT2D eigenvalue weighted by molar-refractivity contribution is -0.137. The van der Waals surface area contributed by atoms with Crippen LogP contribution in [0.1, 0.15) is 42.8 Å². The molecule has 1 fully saturated rings. The van der Waals surface area contributed by atoms with Gasteiger partial charge in [0.1, 0.15) is 12.8 Å². The zero-order valence-electron chi connectivity index (χ0n) is 18.2. The number of benzene rings is 1. The maximum atomic E-state index is 13.4. The first-order valence-electron chi connectivity index (χ1n) is 10.1. The fourth-order valence-corrected chi connectivity index (χ4v) is 6.07. The number of thioether (sulfide) groups is 1.